The van der Waals surface area contributed by atoms with Gasteiger partial charge in [-0.15, -0.1) is 5.06 Å². The molecule has 0 radical (unpaired) electrons. The first-order valence-corrected chi connectivity index (χ1v) is 10.7. The van der Waals surface area contributed by atoms with Crippen molar-refractivity contribution in [1.29, 1.82) is 0 Å². The van der Waals surface area contributed by atoms with Crippen LogP contribution in [0.5, 0.6) is 0 Å². The summed E-state index contributed by atoms with van der Waals surface area (Å²) in [6, 6.07) is 0. The van der Waals surface area contributed by atoms with Crippen LogP contribution in [0.3, 0.4) is 0 Å². The number of amides is 2. The second-order valence-corrected chi connectivity index (χ2v) is 9.30. The van der Waals surface area contributed by atoms with Crippen molar-refractivity contribution in [2.45, 2.75) is 12.8 Å². The van der Waals surface area contributed by atoms with Gasteiger partial charge in [0.1, 0.15) is 0 Å². The van der Waals surface area contributed by atoms with Crippen LogP contribution >= 0.6 is 113 Å². The molecule has 1 aromatic rings. The highest BCUT2D eigenvalue weighted by Gasteiger charge is 2.34. The Balaban J connectivity index is 2.41. The molecule has 0 saturated carbocycles. The van der Waals surface area contributed by atoms with Crippen molar-refractivity contribution in [2.75, 3.05) is 0 Å². The second-order valence-electron chi connectivity index (χ2n) is 3.91. The zero-order chi connectivity index (χ0) is 15.9. The van der Waals surface area contributed by atoms with Gasteiger partial charge in [-0.05, 0) is 113 Å². The maximum atomic E-state index is 12.4. The van der Waals surface area contributed by atoms with Crippen molar-refractivity contribution >= 4 is 131 Å². The molecule has 0 spiro atoms. The minimum Gasteiger partial charge on any atom is -0.325 e. The van der Waals surface area contributed by atoms with E-state index in [1.807, 2.05) is 0 Å². The normalized spacial score (nSPS) is 14.8. The van der Waals surface area contributed by atoms with Gasteiger partial charge in [0.25, 0.3) is 11.8 Å². The lowest BCUT2D eigenvalue weighted by molar-refractivity contribution is -0.172. The number of rotatable bonds is 2. The molecule has 112 valence electrons. The highest BCUT2D eigenvalue weighted by atomic mass is 127. The van der Waals surface area contributed by atoms with Crippen molar-refractivity contribution in [3.8, 4) is 0 Å². The van der Waals surface area contributed by atoms with Crippen LogP contribution in [0.4, 0.5) is 0 Å². The molecular formula is C11H4I5NO4. The van der Waals surface area contributed by atoms with Crippen LogP contribution in [0.1, 0.15) is 23.2 Å². The molecule has 0 unspecified atom stereocenters. The number of hydrogen-bond donors (Lipinski definition) is 0. The van der Waals surface area contributed by atoms with E-state index in [4.69, 9.17) is 4.84 Å². The Morgan fingerprint density at radius 3 is 1.62 bits per heavy atom. The third-order valence-electron chi connectivity index (χ3n) is 2.59. The summed E-state index contributed by atoms with van der Waals surface area (Å²) in [5, 5.41) is 0.576. The molecule has 0 aromatic heterocycles. The second kappa shape index (κ2) is 7.58. The zero-order valence-corrected chi connectivity index (χ0v) is 20.7. The molecule has 1 aromatic carbocycles. The van der Waals surface area contributed by atoms with Crippen molar-refractivity contribution in [3.63, 3.8) is 0 Å². The first-order valence-electron chi connectivity index (χ1n) is 5.35. The summed E-state index contributed by atoms with van der Waals surface area (Å²) in [6.45, 7) is 0. The number of hydroxylamine groups is 2. The van der Waals surface area contributed by atoms with Crippen LogP contribution in [-0.2, 0) is 14.4 Å². The van der Waals surface area contributed by atoms with Gasteiger partial charge >= 0.3 is 5.97 Å². The average Bonchev–Trinajstić information content (AvgIpc) is 2.75. The number of nitrogens with zero attached hydrogens (tertiary/aromatic N) is 1. The van der Waals surface area contributed by atoms with Crippen molar-refractivity contribution in [2.24, 2.45) is 0 Å². The maximum absolute atomic E-state index is 12.4. The van der Waals surface area contributed by atoms with E-state index < -0.39 is 17.8 Å². The van der Waals surface area contributed by atoms with Gasteiger partial charge < -0.3 is 4.84 Å². The van der Waals surface area contributed by atoms with Crippen LogP contribution < -0.4 is 0 Å². The van der Waals surface area contributed by atoms with Crippen LogP contribution in [0.2, 0.25) is 0 Å². The average molecular weight is 849 g/mol. The van der Waals surface area contributed by atoms with Crippen LogP contribution in [-0.4, -0.2) is 22.8 Å². The van der Waals surface area contributed by atoms with E-state index in [9.17, 15) is 14.4 Å². The fourth-order valence-corrected chi connectivity index (χ4v) is 6.77. The van der Waals surface area contributed by atoms with E-state index >= 15 is 0 Å². The quantitative estimate of drug-likeness (QED) is 0.196. The van der Waals surface area contributed by atoms with E-state index in [0.29, 0.717) is 10.6 Å². The molecule has 10 heteroatoms. The van der Waals surface area contributed by atoms with E-state index in [-0.39, 0.29) is 12.8 Å². The van der Waals surface area contributed by atoms with Crippen LogP contribution in [0.15, 0.2) is 0 Å². The van der Waals surface area contributed by atoms with Crippen LogP contribution in [0, 0.1) is 17.9 Å². The summed E-state index contributed by atoms with van der Waals surface area (Å²) in [5.74, 6) is -1.64. The minimum atomic E-state index is -0.681. The molecule has 1 fully saturated rings. The molecule has 0 N–H and O–H groups in total. The highest BCUT2D eigenvalue weighted by molar-refractivity contribution is 14.1. The van der Waals surface area contributed by atoms with Gasteiger partial charge in [-0.2, -0.15) is 0 Å². The molecule has 2 rings (SSSR count). The highest BCUT2D eigenvalue weighted by Crippen LogP contribution is 2.34. The summed E-state index contributed by atoms with van der Waals surface area (Å²) < 4.78 is 4.47. The Bertz CT molecular complexity index is 630. The smallest absolute Gasteiger partial charge is 0.325 e. The zero-order valence-electron chi connectivity index (χ0n) is 9.88. The van der Waals surface area contributed by atoms with Gasteiger partial charge in [-0.25, -0.2) is 4.79 Å². The molecule has 0 bridgehead atoms. The first-order chi connectivity index (χ1) is 9.75. The van der Waals surface area contributed by atoms with Crippen molar-refractivity contribution in [3.05, 3.63) is 23.4 Å². The Labute approximate surface area is 188 Å². The molecule has 5 nitrogen and oxygen atoms in total. The largest absolute Gasteiger partial charge is 0.366 e. The molecule has 0 aliphatic carbocycles. The molecule has 21 heavy (non-hydrogen) atoms. The molecule has 0 atom stereocenters. The monoisotopic (exact) mass is 849 g/mol. The Kier molecular flexibility index (Phi) is 6.79. The SMILES string of the molecule is O=C(ON1C(=O)CCC1=O)c1c(I)c(I)c(I)c(I)c1I. The predicted octanol–water partition coefficient (Wildman–Crippen LogP) is 3.93. The Morgan fingerprint density at radius 1 is 0.810 bits per heavy atom. The third-order valence-corrected chi connectivity index (χ3v) is 12.1. The summed E-state index contributed by atoms with van der Waals surface area (Å²) in [6.07, 6.45) is 0.171. The van der Waals surface area contributed by atoms with Crippen molar-refractivity contribution < 1.29 is 19.2 Å². The van der Waals surface area contributed by atoms with Gasteiger partial charge in [0, 0.05) is 30.7 Å². The molecule has 1 heterocycles. The molecule has 1 aliphatic rings. The lowest BCUT2D eigenvalue weighted by Gasteiger charge is -2.16. The Hall–Kier alpha value is 1.48. The van der Waals surface area contributed by atoms with Gasteiger partial charge in [-0.3, -0.25) is 9.59 Å². The summed E-state index contributed by atoms with van der Waals surface area (Å²) in [7, 11) is 0. The van der Waals surface area contributed by atoms with Gasteiger partial charge in [0.05, 0.1) is 5.56 Å². The minimum absolute atomic E-state index is 0.0854. The molecule has 1 aliphatic heterocycles. The third kappa shape index (κ3) is 3.77. The van der Waals surface area contributed by atoms with E-state index in [0.717, 1.165) is 17.9 Å². The Morgan fingerprint density at radius 2 is 1.19 bits per heavy atom. The van der Waals surface area contributed by atoms with E-state index in [1.54, 1.807) is 0 Å². The molecule has 2 amide bonds. The lowest BCUT2D eigenvalue weighted by Crippen LogP contribution is -2.32. The summed E-state index contributed by atoms with van der Waals surface area (Å²) >= 11 is 10.7. The molecular weight excluding hydrogens is 845 g/mol. The number of carbonyl (C=O) groups is 3. The summed E-state index contributed by atoms with van der Waals surface area (Å²) in [4.78, 5) is 40.4. The van der Waals surface area contributed by atoms with E-state index in [2.05, 4.69) is 113 Å². The summed E-state index contributed by atoms with van der Waals surface area (Å²) in [5.41, 5.74) is 0.387. The van der Waals surface area contributed by atoms with Crippen molar-refractivity contribution in [1.82, 2.24) is 5.06 Å². The first kappa shape index (κ1) is 18.8. The fraction of sp³-hybridized carbons (Fsp3) is 0.182. The topological polar surface area (TPSA) is 63.7 Å². The van der Waals surface area contributed by atoms with Crippen LogP contribution in [0.25, 0.3) is 0 Å². The maximum Gasteiger partial charge on any atom is 0.366 e. The predicted molar refractivity (Wildman–Crippen MR) is 117 cm³/mol. The number of hydrogen-bond acceptors (Lipinski definition) is 4. The van der Waals surface area contributed by atoms with Gasteiger partial charge in [0.15, 0.2) is 0 Å². The lowest BCUT2D eigenvalue weighted by atomic mass is 10.2. The van der Waals surface area contributed by atoms with E-state index in [1.165, 1.54) is 0 Å². The number of benzene rings is 1. The van der Waals surface area contributed by atoms with Gasteiger partial charge in [0.2, 0.25) is 0 Å². The fourth-order valence-electron chi connectivity index (χ4n) is 1.57. The standard InChI is InChI=1S/C11H4I5NO4/c12-6-5(7(13)9(15)10(16)8(6)14)11(20)21-17-3(18)1-2-4(17)19/h1-2H2. The van der Waals surface area contributed by atoms with Gasteiger partial charge in [-0.1, -0.05) is 0 Å². The number of carbonyl (C=O) groups excluding carboxylic acids is 3. The number of halogens is 5. The number of imide groups is 1. The molecule has 1 saturated heterocycles.